The molecule has 0 aromatic rings. The molecule has 0 radical (unpaired) electrons. The van der Waals surface area contributed by atoms with E-state index in [1.165, 1.54) is 25.7 Å². The van der Waals surface area contributed by atoms with Crippen molar-refractivity contribution in [2.45, 2.75) is 67.2 Å². The highest BCUT2D eigenvalue weighted by Crippen LogP contribution is 2.82. The average Bonchev–Trinajstić information content (AvgIpc) is 2.23. The van der Waals surface area contributed by atoms with Crippen molar-refractivity contribution in [1.29, 1.82) is 0 Å². The van der Waals surface area contributed by atoms with Crippen molar-refractivity contribution in [1.82, 2.24) is 0 Å². The molecule has 0 aliphatic heterocycles. The van der Waals surface area contributed by atoms with E-state index >= 15 is 0 Å². The van der Waals surface area contributed by atoms with Crippen LogP contribution in [0.1, 0.15) is 67.2 Å². The van der Waals surface area contributed by atoms with Gasteiger partial charge in [-0.3, -0.25) is 0 Å². The minimum Gasteiger partial charge on any atom is -0.0651 e. The van der Waals surface area contributed by atoms with E-state index in [1.54, 1.807) is 0 Å². The topological polar surface area (TPSA) is 0 Å². The largest absolute Gasteiger partial charge is 0.0651 e. The zero-order chi connectivity index (χ0) is 11.5. The van der Waals surface area contributed by atoms with Gasteiger partial charge in [-0.15, -0.1) is 0 Å². The maximum atomic E-state index is 2.58. The van der Waals surface area contributed by atoms with Crippen molar-refractivity contribution >= 4 is 0 Å². The Morgan fingerprint density at radius 2 is 1.80 bits per heavy atom. The minimum absolute atomic E-state index is 0.633. The van der Waals surface area contributed by atoms with E-state index in [0.717, 1.165) is 11.8 Å². The molecule has 0 N–H and O–H groups in total. The third kappa shape index (κ3) is 1.04. The predicted octanol–water partition coefficient (Wildman–Crippen LogP) is 4.89. The molecule has 0 nitrogen and oxygen atoms in total. The van der Waals surface area contributed by atoms with Crippen LogP contribution in [0.3, 0.4) is 0 Å². The Morgan fingerprint density at radius 1 is 1.20 bits per heavy atom. The van der Waals surface area contributed by atoms with Gasteiger partial charge in [0.25, 0.3) is 0 Å². The fraction of sp³-hybridized carbons (Fsp3) is 1.00. The van der Waals surface area contributed by atoms with Gasteiger partial charge in [0.1, 0.15) is 0 Å². The molecular weight excluding hydrogens is 180 g/mol. The van der Waals surface area contributed by atoms with Gasteiger partial charge in [0.2, 0.25) is 0 Å². The Kier molecular flexibility index (Phi) is 2.31. The first-order chi connectivity index (χ1) is 6.84. The number of rotatable bonds is 3. The van der Waals surface area contributed by atoms with Crippen LogP contribution in [-0.2, 0) is 0 Å². The normalized spacial score (nSPS) is 55.2. The van der Waals surface area contributed by atoms with Gasteiger partial charge in [-0.2, -0.15) is 0 Å². The van der Waals surface area contributed by atoms with Gasteiger partial charge in [0.15, 0.2) is 0 Å². The van der Waals surface area contributed by atoms with Crippen LogP contribution in [0.25, 0.3) is 0 Å². The van der Waals surface area contributed by atoms with Gasteiger partial charge in [-0.05, 0) is 40.9 Å². The summed E-state index contributed by atoms with van der Waals surface area (Å²) >= 11 is 0. The van der Waals surface area contributed by atoms with Gasteiger partial charge >= 0.3 is 0 Å². The molecule has 0 bridgehead atoms. The Labute approximate surface area is 95.8 Å². The van der Waals surface area contributed by atoms with Crippen LogP contribution < -0.4 is 0 Å². The first-order valence-electron chi connectivity index (χ1n) is 6.84. The fourth-order valence-corrected chi connectivity index (χ4v) is 5.13. The van der Waals surface area contributed by atoms with Crippen molar-refractivity contribution in [2.24, 2.45) is 28.1 Å². The zero-order valence-corrected chi connectivity index (χ0v) is 11.5. The van der Waals surface area contributed by atoms with Crippen molar-refractivity contribution in [3.8, 4) is 0 Å². The molecule has 2 fully saturated rings. The predicted molar refractivity (Wildman–Crippen MR) is 66.8 cm³/mol. The second-order valence-electron chi connectivity index (χ2n) is 7.05. The second kappa shape index (κ2) is 3.02. The third-order valence-electron chi connectivity index (χ3n) is 6.81. The van der Waals surface area contributed by atoms with Gasteiger partial charge < -0.3 is 0 Å². The highest BCUT2D eigenvalue weighted by atomic mass is 14.8. The summed E-state index contributed by atoms with van der Waals surface area (Å²) in [6.45, 7) is 14.8. The molecule has 0 heteroatoms. The van der Waals surface area contributed by atoms with Crippen LogP contribution in [0.15, 0.2) is 0 Å². The van der Waals surface area contributed by atoms with Crippen LogP contribution in [0.2, 0.25) is 0 Å². The monoisotopic (exact) mass is 208 g/mol. The molecule has 5 atom stereocenters. The van der Waals surface area contributed by atoms with Gasteiger partial charge in [-0.1, -0.05) is 54.4 Å². The molecule has 15 heavy (non-hydrogen) atoms. The average molecular weight is 208 g/mol. The standard InChI is InChI=1S/C15H28/c1-7-11(3)12-9-14(5)10-13(4,8-2)15(12,14)6/h11-12H,7-10H2,1-6H3. The van der Waals surface area contributed by atoms with Gasteiger partial charge in [-0.25, -0.2) is 0 Å². The van der Waals surface area contributed by atoms with E-state index in [-0.39, 0.29) is 0 Å². The lowest BCUT2D eigenvalue weighted by molar-refractivity contribution is -0.321. The Hall–Kier alpha value is 0. The van der Waals surface area contributed by atoms with E-state index in [9.17, 15) is 0 Å². The summed E-state index contributed by atoms with van der Waals surface area (Å²) < 4.78 is 0. The summed E-state index contributed by atoms with van der Waals surface area (Å²) in [6.07, 6.45) is 5.69. The summed E-state index contributed by atoms with van der Waals surface area (Å²) in [6, 6.07) is 0. The highest BCUT2D eigenvalue weighted by Gasteiger charge is 2.75. The number of hydrogen-bond donors (Lipinski definition) is 0. The van der Waals surface area contributed by atoms with Crippen molar-refractivity contribution < 1.29 is 0 Å². The molecule has 0 spiro atoms. The zero-order valence-electron chi connectivity index (χ0n) is 11.5. The second-order valence-corrected chi connectivity index (χ2v) is 7.05. The minimum atomic E-state index is 0.633. The molecule has 0 amide bonds. The first-order valence-corrected chi connectivity index (χ1v) is 6.84. The third-order valence-corrected chi connectivity index (χ3v) is 6.81. The van der Waals surface area contributed by atoms with Crippen LogP contribution in [0.5, 0.6) is 0 Å². The summed E-state index contributed by atoms with van der Waals surface area (Å²) in [7, 11) is 0. The quantitative estimate of drug-likeness (QED) is 0.620. The maximum Gasteiger partial charge on any atom is -0.0187 e. The lowest BCUT2D eigenvalue weighted by Crippen LogP contribution is -2.73. The Morgan fingerprint density at radius 3 is 2.20 bits per heavy atom. The molecule has 88 valence electrons. The molecule has 2 aliphatic carbocycles. The molecule has 2 aliphatic rings. The van der Waals surface area contributed by atoms with E-state index < -0.39 is 0 Å². The smallest absolute Gasteiger partial charge is 0.0187 e. The lowest BCUT2D eigenvalue weighted by Gasteiger charge is -2.80. The van der Waals surface area contributed by atoms with Crippen molar-refractivity contribution in [2.75, 3.05) is 0 Å². The molecular formula is C15H28. The molecule has 0 saturated heterocycles. The Balaban J connectivity index is 2.22. The summed E-state index contributed by atoms with van der Waals surface area (Å²) in [5, 5.41) is 0. The summed E-state index contributed by atoms with van der Waals surface area (Å²) in [4.78, 5) is 0. The number of fused-ring (bicyclic) bond motifs is 1. The molecule has 0 heterocycles. The number of hydrogen-bond acceptors (Lipinski definition) is 0. The van der Waals surface area contributed by atoms with E-state index in [2.05, 4.69) is 41.5 Å². The summed E-state index contributed by atoms with van der Waals surface area (Å²) in [5.74, 6) is 1.92. The fourth-order valence-electron chi connectivity index (χ4n) is 5.13. The molecule has 5 unspecified atom stereocenters. The SMILES string of the molecule is CCC(C)C1CC2(C)CC(C)(CC)C12C. The van der Waals surface area contributed by atoms with Crippen LogP contribution in [0.4, 0.5) is 0 Å². The van der Waals surface area contributed by atoms with Crippen molar-refractivity contribution in [3.05, 3.63) is 0 Å². The van der Waals surface area contributed by atoms with Gasteiger partial charge in [0, 0.05) is 0 Å². The molecule has 0 aromatic heterocycles. The van der Waals surface area contributed by atoms with Crippen LogP contribution in [0, 0.1) is 28.1 Å². The maximum absolute atomic E-state index is 2.58. The van der Waals surface area contributed by atoms with Crippen LogP contribution in [-0.4, -0.2) is 0 Å². The lowest BCUT2D eigenvalue weighted by atomic mass is 9.24. The van der Waals surface area contributed by atoms with E-state index in [1.807, 2.05) is 0 Å². The molecule has 2 rings (SSSR count). The first kappa shape index (κ1) is 11.5. The molecule has 0 aromatic carbocycles. The van der Waals surface area contributed by atoms with Gasteiger partial charge in [0.05, 0.1) is 0 Å². The van der Waals surface area contributed by atoms with Crippen LogP contribution >= 0.6 is 0 Å². The van der Waals surface area contributed by atoms with Crippen molar-refractivity contribution in [3.63, 3.8) is 0 Å². The Bertz CT molecular complexity index is 269. The summed E-state index contributed by atoms with van der Waals surface area (Å²) in [5.41, 5.74) is 1.96. The van der Waals surface area contributed by atoms with E-state index in [4.69, 9.17) is 0 Å². The highest BCUT2D eigenvalue weighted by molar-refractivity contribution is 5.23. The molecule has 2 saturated carbocycles. The van der Waals surface area contributed by atoms with E-state index in [0.29, 0.717) is 16.2 Å².